The summed E-state index contributed by atoms with van der Waals surface area (Å²) in [5, 5.41) is -0.326. The van der Waals surface area contributed by atoms with Crippen molar-refractivity contribution in [2.24, 2.45) is 0 Å². The first-order valence-corrected chi connectivity index (χ1v) is 17.6. The molecule has 2 aromatic rings. The standard InChI is InChI=1S/C25H36BrClF2N4O3SSi/c1-24(2,3)35-23(34)33-11-13(14(12-33)36-38(9,10)25(4,5)6)32(7)21-15-18(28)17(27)16(26)19(29)20(15)30-22(31-21)37-8/h13-14H,11-12H2,1-10H3. The molecule has 1 aliphatic heterocycles. The number of nitrogens with zero attached hydrogens (tertiary/aromatic N) is 4. The van der Waals surface area contributed by atoms with Crippen molar-refractivity contribution >= 4 is 70.4 Å². The summed E-state index contributed by atoms with van der Waals surface area (Å²) in [4.78, 5) is 25.2. The maximum Gasteiger partial charge on any atom is 0.410 e. The summed E-state index contributed by atoms with van der Waals surface area (Å²) in [5.74, 6) is -1.42. The number of rotatable bonds is 5. The van der Waals surface area contributed by atoms with Gasteiger partial charge < -0.3 is 19.0 Å². The molecule has 2 atom stereocenters. The van der Waals surface area contributed by atoms with Crippen molar-refractivity contribution in [3.05, 3.63) is 21.1 Å². The van der Waals surface area contributed by atoms with Crippen LogP contribution >= 0.6 is 39.3 Å². The number of amides is 1. The number of carbonyl (C=O) groups excluding carboxylic acids is 1. The Kier molecular flexibility index (Phi) is 9.05. The number of aromatic nitrogens is 2. The zero-order chi connectivity index (χ0) is 29.0. The smallest absolute Gasteiger partial charge is 0.410 e. The molecule has 13 heteroatoms. The van der Waals surface area contributed by atoms with Crippen LogP contribution in [-0.4, -0.2) is 73.4 Å². The Morgan fingerprint density at radius 2 is 1.76 bits per heavy atom. The van der Waals surface area contributed by atoms with E-state index in [0.29, 0.717) is 0 Å². The summed E-state index contributed by atoms with van der Waals surface area (Å²) in [7, 11) is -0.541. The van der Waals surface area contributed by atoms with Gasteiger partial charge in [-0.05, 0) is 61.1 Å². The predicted octanol–water partition coefficient (Wildman–Crippen LogP) is 7.49. The molecule has 212 valence electrons. The molecule has 1 aliphatic rings. The molecule has 1 aromatic heterocycles. The van der Waals surface area contributed by atoms with Gasteiger partial charge in [-0.1, -0.05) is 44.1 Å². The summed E-state index contributed by atoms with van der Waals surface area (Å²) in [6, 6.07) is -0.422. The highest BCUT2D eigenvalue weighted by molar-refractivity contribution is 9.10. The van der Waals surface area contributed by atoms with Gasteiger partial charge in [-0.25, -0.2) is 23.5 Å². The number of hydrogen-bond donors (Lipinski definition) is 0. The molecule has 1 amide bonds. The van der Waals surface area contributed by atoms with Gasteiger partial charge in [-0.15, -0.1) is 0 Å². The number of halogens is 4. The quantitative estimate of drug-likeness (QED) is 0.109. The van der Waals surface area contributed by atoms with E-state index in [9.17, 15) is 4.79 Å². The van der Waals surface area contributed by atoms with Crippen LogP contribution in [0.25, 0.3) is 10.9 Å². The van der Waals surface area contributed by atoms with Gasteiger partial charge in [0, 0.05) is 13.6 Å². The van der Waals surface area contributed by atoms with Gasteiger partial charge in [0.2, 0.25) is 0 Å². The van der Waals surface area contributed by atoms with Crippen LogP contribution < -0.4 is 4.90 Å². The zero-order valence-electron chi connectivity index (χ0n) is 23.5. The molecule has 0 saturated carbocycles. The van der Waals surface area contributed by atoms with Gasteiger partial charge in [0.25, 0.3) is 0 Å². The van der Waals surface area contributed by atoms with Gasteiger partial charge >= 0.3 is 6.09 Å². The van der Waals surface area contributed by atoms with Crippen molar-refractivity contribution in [3.63, 3.8) is 0 Å². The van der Waals surface area contributed by atoms with E-state index in [2.05, 4.69) is 59.8 Å². The van der Waals surface area contributed by atoms with Crippen molar-refractivity contribution < 1.29 is 22.7 Å². The number of thioether (sulfide) groups is 1. The molecule has 1 fully saturated rings. The molecule has 0 N–H and O–H groups in total. The minimum Gasteiger partial charge on any atom is -0.444 e. The number of anilines is 1. The third-order valence-electron chi connectivity index (χ3n) is 7.03. The Morgan fingerprint density at radius 3 is 2.29 bits per heavy atom. The highest BCUT2D eigenvalue weighted by Gasteiger charge is 2.47. The minimum atomic E-state index is -2.28. The van der Waals surface area contributed by atoms with Crippen LogP contribution in [0, 0.1) is 11.6 Å². The molecule has 1 saturated heterocycles. The lowest BCUT2D eigenvalue weighted by Gasteiger charge is -2.41. The summed E-state index contributed by atoms with van der Waals surface area (Å²) in [5.41, 5.74) is -0.846. The summed E-state index contributed by atoms with van der Waals surface area (Å²) < 4.78 is 43.0. The maximum atomic E-state index is 15.5. The number of hydrogen-bond acceptors (Lipinski definition) is 7. The second-order valence-electron chi connectivity index (χ2n) is 12.0. The third-order valence-corrected chi connectivity index (χ3v) is 13.4. The predicted molar refractivity (Wildman–Crippen MR) is 156 cm³/mol. The van der Waals surface area contributed by atoms with Crippen LogP contribution in [0.4, 0.5) is 19.4 Å². The number of benzene rings is 1. The highest BCUT2D eigenvalue weighted by atomic mass is 79.9. The molecule has 0 aliphatic carbocycles. The molecule has 0 spiro atoms. The van der Waals surface area contributed by atoms with E-state index in [1.54, 1.807) is 23.1 Å². The van der Waals surface area contributed by atoms with Gasteiger partial charge in [-0.2, -0.15) is 0 Å². The molecule has 2 heterocycles. The van der Waals surface area contributed by atoms with Crippen molar-refractivity contribution in [3.8, 4) is 0 Å². The molecule has 1 aromatic carbocycles. The molecule has 7 nitrogen and oxygen atoms in total. The van der Waals surface area contributed by atoms with Crippen molar-refractivity contribution in [2.45, 2.75) is 82.6 Å². The fourth-order valence-electron chi connectivity index (χ4n) is 3.98. The van der Waals surface area contributed by atoms with Crippen molar-refractivity contribution in [2.75, 3.05) is 31.3 Å². The van der Waals surface area contributed by atoms with E-state index in [0.717, 1.165) is 0 Å². The second-order valence-corrected chi connectivity index (χ2v) is 18.7. The fourth-order valence-corrected chi connectivity index (χ4v) is 6.22. The van der Waals surface area contributed by atoms with Crippen LogP contribution in [0.3, 0.4) is 0 Å². The Labute approximate surface area is 242 Å². The number of likely N-dealkylation sites (tertiary alicyclic amines) is 1. The van der Waals surface area contributed by atoms with Gasteiger partial charge in [0.05, 0.1) is 33.6 Å². The minimum absolute atomic E-state index is 0.0852. The number of carbonyl (C=O) groups is 1. The molecular formula is C25H36BrClF2N4O3SSi. The van der Waals surface area contributed by atoms with Crippen molar-refractivity contribution in [1.29, 1.82) is 0 Å². The van der Waals surface area contributed by atoms with Crippen LogP contribution in [0.1, 0.15) is 41.5 Å². The molecule has 2 unspecified atom stereocenters. The lowest BCUT2D eigenvalue weighted by molar-refractivity contribution is 0.0272. The van der Waals surface area contributed by atoms with Crippen LogP contribution in [0.5, 0.6) is 0 Å². The van der Waals surface area contributed by atoms with Gasteiger partial charge in [0.15, 0.2) is 25.1 Å². The van der Waals surface area contributed by atoms with Gasteiger partial charge in [0.1, 0.15) is 16.9 Å². The molecule has 3 rings (SSSR count). The maximum absolute atomic E-state index is 15.5. The van der Waals surface area contributed by atoms with E-state index in [1.807, 2.05) is 20.8 Å². The van der Waals surface area contributed by atoms with E-state index < -0.39 is 43.8 Å². The first-order valence-electron chi connectivity index (χ1n) is 12.2. The third kappa shape index (κ3) is 6.24. The Balaban J connectivity index is 2.14. The molecular weight excluding hydrogens is 618 g/mol. The average Bonchev–Trinajstić information content (AvgIpc) is 3.21. The van der Waals surface area contributed by atoms with E-state index >= 15 is 8.78 Å². The van der Waals surface area contributed by atoms with Crippen LogP contribution in [-0.2, 0) is 9.16 Å². The number of likely N-dealkylation sites (N-methyl/N-ethyl adjacent to an activating group) is 1. The molecule has 38 heavy (non-hydrogen) atoms. The van der Waals surface area contributed by atoms with E-state index in [4.69, 9.17) is 20.8 Å². The SMILES string of the molecule is CSc1nc(N(C)C2CN(C(=O)OC(C)(C)C)CC2O[Si](C)(C)C(C)(C)C)c2c(F)c(Cl)c(Br)c(F)c2n1. The Morgan fingerprint density at radius 1 is 1.16 bits per heavy atom. The molecule has 0 radical (unpaired) electrons. The van der Waals surface area contributed by atoms with Crippen LogP contribution in [0.15, 0.2) is 9.63 Å². The normalized spacial score (nSPS) is 18.8. The largest absolute Gasteiger partial charge is 0.444 e. The number of fused-ring (bicyclic) bond motifs is 1. The summed E-state index contributed by atoms with van der Waals surface area (Å²) in [6.07, 6.45) is 0.877. The average molecular weight is 654 g/mol. The topological polar surface area (TPSA) is 67.8 Å². The number of ether oxygens (including phenoxy) is 1. The lowest BCUT2D eigenvalue weighted by Crippen LogP contribution is -2.50. The molecule has 0 bridgehead atoms. The van der Waals surface area contributed by atoms with Gasteiger partial charge in [-0.3, -0.25) is 0 Å². The highest BCUT2D eigenvalue weighted by Crippen LogP contribution is 2.42. The van der Waals surface area contributed by atoms with E-state index in [1.165, 1.54) is 11.8 Å². The second kappa shape index (κ2) is 11.0. The van der Waals surface area contributed by atoms with E-state index in [-0.39, 0.29) is 49.5 Å². The summed E-state index contributed by atoms with van der Waals surface area (Å²) in [6.45, 7) is 16.7. The monoisotopic (exact) mass is 652 g/mol. The fraction of sp³-hybridized carbons (Fsp3) is 0.640. The Bertz CT molecular complexity index is 1240. The summed E-state index contributed by atoms with van der Waals surface area (Å²) >= 11 is 10.4. The first kappa shape index (κ1) is 31.3. The zero-order valence-corrected chi connectivity index (χ0v) is 27.7. The first-order chi connectivity index (χ1) is 17.3. The van der Waals surface area contributed by atoms with Crippen LogP contribution in [0.2, 0.25) is 23.2 Å². The van der Waals surface area contributed by atoms with Crippen molar-refractivity contribution in [1.82, 2.24) is 14.9 Å². The lowest BCUT2D eigenvalue weighted by atomic mass is 10.1. The Hall–Kier alpha value is -1.21.